The van der Waals surface area contributed by atoms with E-state index in [0.29, 0.717) is 6.54 Å². The number of nitrogens with one attached hydrogen (secondary N) is 1. The van der Waals surface area contributed by atoms with Crippen molar-refractivity contribution in [3.63, 3.8) is 0 Å². The second-order valence-corrected chi connectivity index (χ2v) is 5.04. The van der Waals surface area contributed by atoms with Crippen LogP contribution in [-0.4, -0.2) is 31.6 Å². The van der Waals surface area contributed by atoms with Crippen LogP contribution in [0.5, 0.6) is 5.75 Å². The Bertz CT molecular complexity index is 484. The lowest BCUT2D eigenvalue weighted by Gasteiger charge is -2.38. The van der Waals surface area contributed by atoms with Crippen molar-refractivity contribution in [3.8, 4) is 5.75 Å². The van der Waals surface area contributed by atoms with Crippen molar-refractivity contribution in [3.05, 3.63) is 23.8 Å². The van der Waals surface area contributed by atoms with Crippen LogP contribution in [0, 0.1) is 0 Å². The zero-order chi connectivity index (χ0) is 13.2. The third-order valence-electron chi connectivity index (χ3n) is 3.81. The highest BCUT2D eigenvalue weighted by atomic mass is 16.5. The van der Waals surface area contributed by atoms with Gasteiger partial charge in [0.05, 0.1) is 5.69 Å². The lowest BCUT2D eigenvalue weighted by Crippen LogP contribution is -2.49. The van der Waals surface area contributed by atoms with Gasteiger partial charge in [0.2, 0.25) is 0 Å². The smallest absolute Gasteiger partial charge is 0.265 e. The molecule has 0 bridgehead atoms. The first kappa shape index (κ1) is 12.4. The van der Waals surface area contributed by atoms with Crippen molar-refractivity contribution in [2.24, 2.45) is 5.73 Å². The quantitative estimate of drug-likeness (QED) is 0.819. The van der Waals surface area contributed by atoms with E-state index in [4.69, 9.17) is 10.5 Å². The number of benzene rings is 1. The van der Waals surface area contributed by atoms with Crippen LogP contribution in [0.4, 0.5) is 5.69 Å². The molecule has 1 fully saturated rings. The molecule has 0 unspecified atom stereocenters. The Kier molecular flexibility index (Phi) is 3.40. The van der Waals surface area contributed by atoms with Crippen LogP contribution in [0.25, 0.3) is 0 Å². The summed E-state index contributed by atoms with van der Waals surface area (Å²) in [7, 11) is 0. The maximum absolute atomic E-state index is 12.2. The Balaban J connectivity index is 1.97. The number of rotatable bonds is 2. The van der Waals surface area contributed by atoms with Gasteiger partial charge in [0.1, 0.15) is 5.75 Å². The molecule has 19 heavy (non-hydrogen) atoms. The largest absolute Gasteiger partial charge is 0.482 e. The summed E-state index contributed by atoms with van der Waals surface area (Å²) in [4.78, 5) is 14.1. The summed E-state index contributed by atoms with van der Waals surface area (Å²) >= 11 is 0. The van der Waals surface area contributed by atoms with Crippen LogP contribution in [0.2, 0.25) is 0 Å². The number of carbonyl (C=O) groups is 1. The summed E-state index contributed by atoms with van der Waals surface area (Å²) in [5, 5.41) is 3.33. The molecule has 102 valence electrons. The van der Waals surface area contributed by atoms with E-state index >= 15 is 0 Å². The van der Waals surface area contributed by atoms with E-state index in [-0.39, 0.29) is 18.6 Å². The molecule has 5 nitrogen and oxygen atoms in total. The van der Waals surface area contributed by atoms with Crippen molar-refractivity contribution < 1.29 is 9.53 Å². The molecule has 0 radical (unpaired) electrons. The SMILES string of the molecule is NCc1ccc2c(c1)N(C1CCNCC1)C(=O)CO2. The predicted octanol–water partition coefficient (Wildman–Crippen LogP) is 0.623. The Labute approximate surface area is 112 Å². The van der Waals surface area contributed by atoms with E-state index in [1.165, 1.54) is 0 Å². The minimum Gasteiger partial charge on any atom is -0.482 e. The van der Waals surface area contributed by atoms with E-state index in [9.17, 15) is 4.79 Å². The molecule has 0 saturated carbocycles. The molecule has 2 heterocycles. The molecule has 3 rings (SSSR count). The second kappa shape index (κ2) is 5.19. The molecule has 1 aromatic carbocycles. The van der Waals surface area contributed by atoms with Crippen LogP contribution in [0.1, 0.15) is 18.4 Å². The van der Waals surface area contributed by atoms with Crippen LogP contribution in [0.15, 0.2) is 18.2 Å². The molecular formula is C14H19N3O2. The molecule has 0 aromatic heterocycles. The third-order valence-corrected chi connectivity index (χ3v) is 3.81. The molecular weight excluding hydrogens is 242 g/mol. The summed E-state index contributed by atoms with van der Waals surface area (Å²) in [5.74, 6) is 0.837. The van der Waals surface area contributed by atoms with Crippen molar-refractivity contribution in [1.82, 2.24) is 5.32 Å². The number of nitrogens with zero attached hydrogens (tertiary/aromatic N) is 1. The Morgan fingerprint density at radius 3 is 2.89 bits per heavy atom. The first-order chi connectivity index (χ1) is 9.29. The van der Waals surface area contributed by atoms with Gasteiger partial charge in [-0.25, -0.2) is 0 Å². The summed E-state index contributed by atoms with van der Waals surface area (Å²) in [6.07, 6.45) is 1.97. The topological polar surface area (TPSA) is 67.6 Å². The molecule has 5 heteroatoms. The highest BCUT2D eigenvalue weighted by molar-refractivity contribution is 5.98. The van der Waals surface area contributed by atoms with Gasteiger partial charge in [0.15, 0.2) is 6.61 Å². The standard InChI is InChI=1S/C14H19N3O2/c15-8-10-1-2-13-12(7-10)17(14(18)9-19-13)11-3-5-16-6-4-11/h1-2,7,11,16H,3-6,8-9,15H2. The second-order valence-electron chi connectivity index (χ2n) is 5.04. The van der Waals surface area contributed by atoms with Crippen molar-refractivity contribution >= 4 is 11.6 Å². The molecule has 1 saturated heterocycles. The minimum absolute atomic E-state index is 0.0496. The number of ether oxygens (including phenoxy) is 1. The average molecular weight is 261 g/mol. The molecule has 1 amide bonds. The number of hydrogen-bond donors (Lipinski definition) is 2. The molecule has 0 atom stereocenters. The first-order valence-corrected chi connectivity index (χ1v) is 6.78. The highest BCUT2D eigenvalue weighted by Gasteiger charge is 2.32. The number of hydrogen-bond acceptors (Lipinski definition) is 4. The third kappa shape index (κ3) is 2.31. The van der Waals surface area contributed by atoms with E-state index in [1.54, 1.807) is 0 Å². The summed E-state index contributed by atoms with van der Waals surface area (Å²) in [5.41, 5.74) is 7.59. The summed E-state index contributed by atoms with van der Waals surface area (Å²) in [6.45, 7) is 2.53. The van der Waals surface area contributed by atoms with Crippen LogP contribution >= 0.6 is 0 Å². The van der Waals surface area contributed by atoms with Gasteiger partial charge in [-0.3, -0.25) is 4.79 Å². The fourth-order valence-electron chi connectivity index (χ4n) is 2.81. The Morgan fingerprint density at radius 1 is 1.37 bits per heavy atom. The maximum Gasteiger partial charge on any atom is 0.265 e. The summed E-state index contributed by atoms with van der Waals surface area (Å²) in [6, 6.07) is 6.12. The Morgan fingerprint density at radius 2 is 2.16 bits per heavy atom. The molecule has 2 aliphatic heterocycles. The van der Waals surface area contributed by atoms with Crippen molar-refractivity contribution in [1.29, 1.82) is 0 Å². The normalized spacial score (nSPS) is 20.1. The molecule has 3 N–H and O–H groups in total. The molecule has 1 aromatic rings. The van der Waals surface area contributed by atoms with Gasteiger partial charge in [-0.05, 0) is 43.6 Å². The van der Waals surface area contributed by atoms with Gasteiger partial charge in [0.25, 0.3) is 5.91 Å². The predicted molar refractivity (Wildman–Crippen MR) is 73.2 cm³/mol. The molecule has 0 spiro atoms. The maximum atomic E-state index is 12.2. The van der Waals surface area contributed by atoms with Gasteiger partial charge in [-0.2, -0.15) is 0 Å². The number of amides is 1. The van der Waals surface area contributed by atoms with Gasteiger partial charge in [-0.1, -0.05) is 6.07 Å². The lowest BCUT2D eigenvalue weighted by atomic mass is 10.0. The van der Waals surface area contributed by atoms with Crippen LogP contribution in [0.3, 0.4) is 0 Å². The molecule has 0 aliphatic carbocycles. The number of fused-ring (bicyclic) bond motifs is 1. The van der Waals surface area contributed by atoms with E-state index < -0.39 is 0 Å². The number of carbonyl (C=O) groups excluding carboxylic acids is 1. The van der Waals surface area contributed by atoms with E-state index in [2.05, 4.69) is 5.32 Å². The fraction of sp³-hybridized carbons (Fsp3) is 0.500. The first-order valence-electron chi connectivity index (χ1n) is 6.78. The van der Waals surface area contributed by atoms with Crippen molar-refractivity contribution in [2.75, 3.05) is 24.6 Å². The monoisotopic (exact) mass is 261 g/mol. The van der Waals surface area contributed by atoms with Crippen molar-refractivity contribution in [2.45, 2.75) is 25.4 Å². The van der Waals surface area contributed by atoms with Crippen LogP contribution in [-0.2, 0) is 11.3 Å². The number of piperidine rings is 1. The van der Waals surface area contributed by atoms with Gasteiger partial charge in [-0.15, -0.1) is 0 Å². The molecule has 2 aliphatic rings. The van der Waals surface area contributed by atoms with E-state index in [1.807, 2.05) is 23.1 Å². The average Bonchev–Trinajstić information content (AvgIpc) is 2.47. The zero-order valence-corrected chi connectivity index (χ0v) is 10.9. The number of nitrogens with two attached hydrogens (primary N) is 1. The zero-order valence-electron chi connectivity index (χ0n) is 10.9. The van der Waals surface area contributed by atoms with Gasteiger partial charge in [0, 0.05) is 12.6 Å². The fourth-order valence-corrected chi connectivity index (χ4v) is 2.81. The Hall–Kier alpha value is -1.59. The lowest BCUT2D eigenvalue weighted by molar-refractivity contribution is -0.121. The number of anilines is 1. The van der Waals surface area contributed by atoms with E-state index in [0.717, 1.165) is 42.9 Å². The highest BCUT2D eigenvalue weighted by Crippen LogP contribution is 2.35. The minimum atomic E-state index is 0.0496. The van der Waals surface area contributed by atoms with Crippen LogP contribution < -0.4 is 20.7 Å². The van der Waals surface area contributed by atoms with Gasteiger partial charge < -0.3 is 20.7 Å². The summed E-state index contributed by atoms with van der Waals surface area (Å²) < 4.78 is 5.51. The van der Waals surface area contributed by atoms with Gasteiger partial charge >= 0.3 is 0 Å².